The van der Waals surface area contributed by atoms with Crippen molar-refractivity contribution >= 4 is 11.6 Å². The van der Waals surface area contributed by atoms with Crippen LogP contribution in [0, 0.1) is 0 Å². The summed E-state index contributed by atoms with van der Waals surface area (Å²) in [4.78, 5) is 0. The first-order valence-corrected chi connectivity index (χ1v) is 5.42. The third kappa shape index (κ3) is 2.02. The molecule has 78 valence electrons. The van der Waals surface area contributed by atoms with Crippen molar-refractivity contribution in [2.45, 2.75) is 19.2 Å². The first-order chi connectivity index (χ1) is 7.35. The highest BCUT2D eigenvalue weighted by molar-refractivity contribution is 6.16. The van der Waals surface area contributed by atoms with E-state index in [9.17, 15) is 0 Å². The van der Waals surface area contributed by atoms with Gasteiger partial charge >= 0.3 is 0 Å². The van der Waals surface area contributed by atoms with E-state index in [1.54, 1.807) is 6.33 Å². The Bertz CT molecular complexity index is 451. The summed E-state index contributed by atoms with van der Waals surface area (Å²) in [6.45, 7) is 2.13. The number of halogens is 1. The third-order valence-electron chi connectivity index (χ3n) is 2.33. The minimum absolute atomic E-state index is 0.371. The van der Waals surface area contributed by atoms with Gasteiger partial charge in [-0.25, -0.2) is 0 Å². The molecule has 15 heavy (non-hydrogen) atoms. The molecule has 0 saturated heterocycles. The van der Waals surface area contributed by atoms with Crippen LogP contribution in [-0.2, 0) is 12.3 Å². The van der Waals surface area contributed by atoms with Gasteiger partial charge in [0, 0.05) is 5.69 Å². The normalized spacial score (nSPS) is 10.5. The molecule has 4 heteroatoms. The summed E-state index contributed by atoms with van der Waals surface area (Å²) in [6.07, 6.45) is 2.71. The summed E-state index contributed by atoms with van der Waals surface area (Å²) >= 11 is 5.77. The Hall–Kier alpha value is -1.35. The largest absolute Gasteiger partial charge is 0.285 e. The molecule has 1 heterocycles. The lowest BCUT2D eigenvalue weighted by Gasteiger charge is -2.05. The molecule has 0 radical (unpaired) electrons. The molecule has 0 aliphatic rings. The highest BCUT2D eigenvalue weighted by atomic mass is 35.5. The van der Waals surface area contributed by atoms with E-state index >= 15 is 0 Å². The Balaban J connectivity index is 2.44. The summed E-state index contributed by atoms with van der Waals surface area (Å²) in [7, 11) is 0. The Morgan fingerprint density at radius 2 is 2.27 bits per heavy atom. The zero-order chi connectivity index (χ0) is 10.7. The number of aromatic nitrogens is 3. The van der Waals surface area contributed by atoms with Crippen molar-refractivity contribution in [2.75, 3.05) is 0 Å². The summed E-state index contributed by atoms with van der Waals surface area (Å²) in [5.74, 6) is 1.14. The number of rotatable bonds is 3. The van der Waals surface area contributed by atoms with Gasteiger partial charge in [-0.05, 0) is 24.1 Å². The van der Waals surface area contributed by atoms with Crippen molar-refractivity contribution in [3.8, 4) is 5.69 Å². The van der Waals surface area contributed by atoms with E-state index in [4.69, 9.17) is 11.6 Å². The first-order valence-electron chi connectivity index (χ1n) is 4.89. The predicted molar refractivity (Wildman–Crippen MR) is 60.3 cm³/mol. The number of aryl methyl sites for hydroxylation is 1. The Labute approximate surface area is 93.7 Å². The maximum atomic E-state index is 5.77. The summed E-state index contributed by atoms with van der Waals surface area (Å²) in [5, 5.41) is 7.80. The molecular weight excluding hydrogens is 210 g/mol. The van der Waals surface area contributed by atoms with Crippen LogP contribution >= 0.6 is 11.6 Å². The minimum Gasteiger partial charge on any atom is -0.285 e. The molecule has 0 N–H and O–H groups in total. The van der Waals surface area contributed by atoms with Crippen molar-refractivity contribution in [1.82, 2.24) is 14.8 Å². The van der Waals surface area contributed by atoms with Gasteiger partial charge in [0.05, 0.1) is 5.88 Å². The van der Waals surface area contributed by atoms with Crippen LogP contribution in [0.5, 0.6) is 0 Å². The monoisotopic (exact) mass is 221 g/mol. The second-order valence-corrected chi connectivity index (χ2v) is 3.54. The van der Waals surface area contributed by atoms with E-state index in [-0.39, 0.29) is 0 Å². The highest BCUT2D eigenvalue weighted by Gasteiger charge is 2.04. The second kappa shape index (κ2) is 4.45. The Morgan fingerprint density at radius 3 is 3.00 bits per heavy atom. The lowest BCUT2D eigenvalue weighted by Crippen LogP contribution is -1.98. The lowest BCUT2D eigenvalue weighted by molar-refractivity contribution is 0.947. The molecule has 0 bridgehead atoms. The van der Waals surface area contributed by atoms with Gasteiger partial charge in [-0.1, -0.05) is 19.1 Å². The van der Waals surface area contributed by atoms with Crippen LogP contribution in [0.15, 0.2) is 30.6 Å². The molecule has 1 aromatic carbocycles. The molecule has 2 rings (SSSR count). The van der Waals surface area contributed by atoms with Gasteiger partial charge in [-0.3, -0.25) is 4.57 Å². The molecular formula is C11H12ClN3. The zero-order valence-corrected chi connectivity index (χ0v) is 9.28. The fourth-order valence-electron chi connectivity index (χ4n) is 1.49. The molecule has 0 atom stereocenters. The maximum absolute atomic E-state index is 5.77. The van der Waals surface area contributed by atoms with Crippen molar-refractivity contribution < 1.29 is 0 Å². The fraction of sp³-hybridized carbons (Fsp3) is 0.273. The quantitative estimate of drug-likeness (QED) is 0.746. The SMILES string of the molecule is CCc1cccc(-n2cnnc2CCl)c1. The molecule has 0 saturated carbocycles. The molecule has 0 amide bonds. The smallest absolute Gasteiger partial charge is 0.152 e. The molecule has 0 fully saturated rings. The van der Waals surface area contributed by atoms with Crippen LogP contribution < -0.4 is 0 Å². The molecule has 0 aliphatic heterocycles. The van der Waals surface area contributed by atoms with Crippen LogP contribution in [-0.4, -0.2) is 14.8 Å². The van der Waals surface area contributed by atoms with Gasteiger partial charge in [0.25, 0.3) is 0 Å². The summed E-state index contributed by atoms with van der Waals surface area (Å²) in [5.41, 5.74) is 2.36. The topological polar surface area (TPSA) is 30.7 Å². The average molecular weight is 222 g/mol. The van der Waals surface area contributed by atoms with Crippen LogP contribution in [0.2, 0.25) is 0 Å². The molecule has 0 aliphatic carbocycles. The van der Waals surface area contributed by atoms with E-state index < -0.39 is 0 Å². The number of hydrogen-bond donors (Lipinski definition) is 0. The van der Waals surface area contributed by atoms with Crippen LogP contribution in [0.3, 0.4) is 0 Å². The van der Waals surface area contributed by atoms with Gasteiger partial charge in [0.1, 0.15) is 6.33 Å². The molecule has 0 spiro atoms. The Morgan fingerprint density at radius 1 is 1.40 bits per heavy atom. The van der Waals surface area contributed by atoms with E-state index in [0.29, 0.717) is 5.88 Å². The van der Waals surface area contributed by atoms with E-state index in [0.717, 1.165) is 17.9 Å². The number of hydrogen-bond acceptors (Lipinski definition) is 2. The van der Waals surface area contributed by atoms with Crippen molar-refractivity contribution in [2.24, 2.45) is 0 Å². The minimum atomic E-state index is 0.371. The molecule has 3 nitrogen and oxygen atoms in total. The third-order valence-corrected chi connectivity index (χ3v) is 2.57. The van der Waals surface area contributed by atoms with Crippen molar-refractivity contribution in [3.63, 3.8) is 0 Å². The van der Waals surface area contributed by atoms with Crippen molar-refractivity contribution in [3.05, 3.63) is 42.0 Å². The van der Waals surface area contributed by atoms with Crippen molar-refractivity contribution in [1.29, 1.82) is 0 Å². The van der Waals surface area contributed by atoms with Crippen LogP contribution in [0.25, 0.3) is 5.69 Å². The average Bonchev–Trinajstić information content (AvgIpc) is 2.77. The number of benzene rings is 1. The standard InChI is InChI=1S/C11H12ClN3/c1-2-9-4-3-5-10(6-9)15-8-13-14-11(15)7-12/h3-6,8H,2,7H2,1H3. The molecule has 2 aromatic rings. The maximum Gasteiger partial charge on any atom is 0.152 e. The number of alkyl halides is 1. The second-order valence-electron chi connectivity index (χ2n) is 3.27. The van der Waals surface area contributed by atoms with Gasteiger partial charge in [-0.2, -0.15) is 0 Å². The van der Waals surface area contributed by atoms with Gasteiger partial charge in [0.15, 0.2) is 5.82 Å². The van der Waals surface area contributed by atoms with Crippen LogP contribution in [0.4, 0.5) is 0 Å². The highest BCUT2D eigenvalue weighted by Crippen LogP contribution is 2.13. The van der Waals surface area contributed by atoms with E-state index in [2.05, 4.69) is 29.3 Å². The van der Waals surface area contributed by atoms with Gasteiger partial charge in [0.2, 0.25) is 0 Å². The summed E-state index contributed by atoms with van der Waals surface area (Å²) < 4.78 is 1.91. The van der Waals surface area contributed by atoms with E-state index in [1.165, 1.54) is 5.56 Å². The number of nitrogens with zero attached hydrogens (tertiary/aromatic N) is 3. The lowest BCUT2D eigenvalue weighted by atomic mass is 10.1. The van der Waals surface area contributed by atoms with Gasteiger partial charge in [-0.15, -0.1) is 21.8 Å². The Kier molecular flexibility index (Phi) is 3.02. The molecule has 1 aromatic heterocycles. The van der Waals surface area contributed by atoms with E-state index in [1.807, 2.05) is 16.7 Å². The van der Waals surface area contributed by atoms with Gasteiger partial charge < -0.3 is 0 Å². The predicted octanol–water partition coefficient (Wildman–Crippen LogP) is 2.57. The molecule has 0 unspecified atom stereocenters. The fourth-order valence-corrected chi connectivity index (χ4v) is 1.67. The zero-order valence-electron chi connectivity index (χ0n) is 8.52. The first kappa shape index (κ1) is 10.2. The summed E-state index contributed by atoms with van der Waals surface area (Å²) in [6, 6.07) is 8.29. The van der Waals surface area contributed by atoms with Crippen LogP contribution in [0.1, 0.15) is 18.3 Å².